The molecule has 0 aliphatic rings. The van der Waals surface area contributed by atoms with Gasteiger partial charge in [0.15, 0.2) is 12.5 Å². The molecule has 0 aromatic heterocycles. The van der Waals surface area contributed by atoms with Gasteiger partial charge in [-0.05, 0) is 6.54 Å². The van der Waals surface area contributed by atoms with Gasteiger partial charge in [-0.25, -0.2) is 0 Å². The number of aliphatic hydroxyl groups is 1. The molecular formula is C4H9NO2. The van der Waals surface area contributed by atoms with E-state index in [-0.39, 0.29) is 0 Å². The molecule has 7 heavy (non-hydrogen) atoms. The van der Waals surface area contributed by atoms with Crippen LogP contribution in [0, 0.1) is 0 Å². The predicted molar refractivity (Wildman–Crippen MR) is 25.7 cm³/mol. The fourth-order valence-corrected chi connectivity index (χ4v) is 0.257. The third-order valence-electron chi connectivity index (χ3n) is 0.542. The normalized spacial score (nSPS) is 13.4. The zero-order chi connectivity index (χ0) is 5.70. The largest absolute Gasteiger partial charge is 0.372 e. The fourth-order valence-electron chi connectivity index (χ4n) is 0.257. The van der Waals surface area contributed by atoms with Crippen LogP contribution in [0.15, 0.2) is 0 Å². The summed E-state index contributed by atoms with van der Waals surface area (Å²) >= 11 is 0. The van der Waals surface area contributed by atoms with Crippen LogP contribution >= 0.6 is 0 Å². The number of hydrogen-bond acceptors (Lipinski definition) is 3. The molecular weight excluding hydrogens is 94.0 g/mol. The van der Waals surface area contributed by atoms with Crippen LogP contribution in [-0.4, -0.2) is 24.2 Å². The van der Waals surface area contributed by atoms with Crippen molar-refractivity contribution in [2.45, 2.75) is 13.2 Å². The zero-order valence-corrected chi connectivity index (χ0v) is 4.22. The maximum absolute atomic E-state index is 9.58. The standard InChI is InChI=1S/C4H9NO2/c1-2-5-4(7)3-6/h3-5,7H,2H2,1H3. The third-order valence-corrected chi connectivity index (χ3v) is 0.542. The van der Waals surface area contributed by atoms with E-state index in [0.29, 0.717) is 12.8 Å². The van der Waals surface area contributed by atoms with Crippen LogP contribution in [0.2, 0.25) is 0 Å². The lowest BCUT2D eigenvalue weighted by Gasteiger charge is -1.98. The Morgan fingerprint density at radius 3 is 2.71 bits per heavy atom. The smallest absolute Gasteiger partial charge is 0.163 e. The molecule has 0 saturated heterocycles. The molecule has 0 spiro atoms. The van der Waals surface area contributed by atoms with Crippen LogP contribution in [0.4, 0.5) is 0 Å². The van der Waals surface area contributed by atoms with Crippen molar-refractivity contribution in [1.29, 1.82) is 0 Å². The molecule has 0 aromatic rings. The highest BCUT2D eigenvalue weighted by Gasteiger charge is 1.92. The van der Waals surface area contributed by atoms with Crippen molar-refractivity contribution in [3.8, 4) is 0 Å². The summed E-state index contributed by atoms with van der Waals surface area (Å²) in [5, 5.41) is 10.9. The van der Waals surface area contributed by atoms with Gasteiger partial charge >= 0.3 is 0 Å². The van der Waals surface area contributed by atoms with Gasteiger partial charge in [-0.3, -0.25) is 10.1 Å². The van der Waals surface area contributed by atoms with Gasteiger partial charge in [-0.1, -0.05) is 6.92 Å². The minimum Gasteiger partial charge on any atom is -0.372 e. The van der Waals surface area contributed by atoms with Gasteiger partial charge in [0.25, 0.3) is 0 Å². The highest BCUT2D eigenvalue weighted by molar-refractivity contribution is 5.54. The molecule has 42 valence electrons. The molecule has 0 fully saturated rings. The molecule has 0 amide bonds. The van der Waals surface area contributed by atoms with Crippen molar-refractivity contribution < 1.29 is 9.90 Å². The van der Waals surface area contributed by atoms with E-state index >= 15 is 0 Å². The first-order valence-electron chi connectivity index (χ1n) is 2.18. The second-order valence-electron chi connectivity index (χ2n) is 1.14. The number of hydrogen-bond donors (Lipinski definition) is 2. The summed E-state index contributed by atoms with van der Waals surface area (Å²) in [6.07, 6.45) is -0.534. The van der Waals surface area contributed by atoms with Crippen LogP contribution in [0.5, 0.6) is 0 Å². The Kier molecular flexibility index (Phi) is 3.55. The molecule has 0 aliphatic carbocycles. The first kappa shape index (κ1) is 6.59. The molecule has 3 heteroatoms. The minimum absolute atomic E-state index is 0.448. The molecule has 0 saturated carbocycles. The van der Waals surface area contributed by atoms with Crippen LogP contribution in [-0.2, 0) is 4.79 Å². The summed E-state index contributed by atoms with van der Waals surface area (Å²) in [6.45, 7) is 2.42. The Hall–Kier alpha value is -0.410. The third kappa shape index (κ3) is 3.42. The van der Waals surface area contributed by atoms with Crippen LogP contribution in [0.25, 0.3) is 0 Å². The second-order valence-corrected chi connectivity index (χ2v) is 1.14. The highest BCUT2D eigenvalue weighted by Crippen LogP contribution is 1.62. The molecule has 0 radical (unpaired) electrons. The maximum atomic E-state index is 9.58. The van der Waals surface area contributed by atoms with E-state index in [4.69, 9.17) is 5.11 Å². The minimum atomic E-state index is -0.981. The summed E-state index contributed by atoms with van der Waals surface area (Å²) < 4.78 is 0. The SMILES string of the molecule is CCNC(O)C=O. The number of aldehydes is 1. The van der Waals surface area contributed by atoms with E-state index in [0.717, 1.165) is 0 Å². The Bertz CT molecular complexity index is 55.7. The van der Waals surface area contributed by atoms with E-state index in [1.165, 1.54) is 0 Å². The number of rotatable bonds is 3. The van der Waals surface area contributed by atoms with E-state index < -0.39 is 6.23 Å². The predicted octanol–water partition coefficient (Wildman–Crippen LogP) is -0.887. The Morgan fingerprint density at radius 2 is 2.57 bits per heavy atom. The molecule has 0 rings (SSSR count). The summed E-state index contributed by atoms with van der Waals surface area (Å²) in [4.78, 5) is 9.58. The average molecular weight is 103 g/mol. The van der Waals surface area contributed by atoms with E-state index in [1.807, 2.05) is 6.92 Å². The Morgan fingerprint density at radius 1 is 2.00 bits per heavy atom. The number of carbonyl (C=O) groups is 1. The van der Waals surface area contributed by atoms with E-state index in [9.17, 15) is 4.79 Å². The zero-order valence-electron chi connectivity index (χ0n) is 4.22. The molecule has 0 bridgehead atoms. The average Bonchev–Trinajstić information content (AvgIpc) is 1.68. The van der Waals surface area contributed by atoms with Gasteiger partial charge in [0.05, 0.1) is 0 Å². The van der Waals surface area contributed by atoms with Crippen molar-refractivity contribution in [1.82, 2.24) is 5.32 Å². The Labute approximate surface area is 42.3 Å². The van der Waals surface area contributed by atoms with Crippen LogP contribution in [0.3, 0.4) is 0 Å². The van der Waals surface area contributed by atoms with Gasteiger partial charge in [0.2, 0.25) is 0 Å². The fraction of sp³-hybridized carbons (Fsp3) is 0.750. The highest BCUT2D eigenvalue weighted by atomic mass is 16.3. The van der Waals surface area contributed by atoms with Gasteiger partial charge in [-0.15, -0.1) is 0 Å². The van der Waals surface area contributed by atoms with E-state index in [1.54, 1.807) is 0 Å². The number of aliphatic hydroxyl groups excluding tert-OH is 1. The number of nitrogens with one attached hydrogen (secondary N) is 1. The van der Waals surface area contributed by atoms with E-state index in [2.05, 4.69) is 5.32 Å². The van der Waals surface area contributed by atoms with Gasteiger partial charge in [-0.2, -0.15) is 0 Å². The maximum Gasteiger partial charge on any atom is 0.163 e. The van der Waals surface area contributed by atoms with Gasteiger partial charge < -0.3 is 5.11 Å². The summed E-state index contributed by atoms with van der Waals surface area (Å²) in [6, 6.07) is 0. The number of likely N-dealkylation sites (N-methyl/N-ethyl adjacent to an activating group) is 1. The molecule has 2 N–H and O–H groups in total. The van der Waals surface area contributed by atoms with Crippen molar-refractivity contribution >= 4 is 6.29 Å². The van der Waals surface area contributed by atoms with Crippen molar-refractivity contribution in [2.75, 3.05) is 6.54 Å². The van der Waals surface area contributed by atoms with Crippen LogP contribution in [0.1, 0.15) is 6.92 Å². The first-order valence-corrected chi connectivity index (χ1v) is 2.18. The summed E-state index contributed by atoms with van der Waals surface area (Å²) in [7, 11) is 0. The van der Waals surface area contributed by atoms with Gasteiger partial charge in [0.1, 0.15) is 0 Å². The molecule has 0 aromatic carbocycles. The number of carbonyl (C=O) groups excluding carboxylic acids is 1. The summed E-state index contributed by atoms with van der Waals surface area (Å²) in [5.74, 6) is 0. The van der Waals surface area contributed by atoms with Gasteiger partial charge in [0, 0.05) is 0 Å². The first-order chi connectivity index (χ1) is 3.31. The quantitative estimate of drug-likeness (QED) is 0.360. The Balaban J connectivity index is 2.98. The summed E-state index contributed by atoms with van der Waals surface area (Å²) in [5.41, 5.74) is 0. The topological polar surface area (TPSA) is 49.3 Å². The molecule has 0 aliphatic heterocycles. The molecule has 0 heterocycles. The molecule has 3 nitrogen and oxygen atoms in total. The second kappa shape index (κ2) is 3.77. The monoisotopic (exact) mass is 103 g/mol. The van der Waals surface area contributed by atoms with Crippen molar-refractivity contribution in [3.63, 3.8) is 0 Å². The van der Waals surface area contributed by atoms with Crippen molar-refractivity contribution in [2.24, 2.45) is 0 Å². The van der Waals surface area contributed by atoms with Crippen molar-refractivity contribution in [3.05, 3.63) is 0 Å². The lowest BCUT2D eigenvalue weighted by Crippen LogP contribution is -2.29. The molecule has 1 unspecified atom stereocenters. The van der Waals surface area contributed by atoms with Crippen LogP contribution < -0.4 is 5.32 Å². The lowest BCUT2D eigenvalue weighted by molar-refractivity contribution is -0.116. The lowest BCUT2D eigenvalue weighted by atomic mass is 10.6. The molecule has 1 atom stereocenters.